The molecule has 2 rings (SSSR count). The maximum Gasteiger partial charge on any atom is 0.124 e. The zero-order valence-corrected chi connectivity index (χ0v) is 12.3. The van der Waals surface area contributed by atoms with E-state index in [1.165, 1.54) is 18.9 Å². The molecule has 1 heterocycles. The van der Waals surface area contributed by atoms with E-state index in [1.807, 2.05) is 0 Å². The monoisotopic (exact) mass is 280 g/mol. The van der Waals surface area contributed by atoms with E-state index in [9.17, 15) is 4.39 Å². The summed E-state index contributed by atoms with van der Waals surface area (Å²) in [5.74, 6) is 0.601. The van der Waals surface area contributed by atoms with Gasteiger partial charge in [0.25, 0.3) is 0 Å². The van der Waals surface area contributed by atoms with Gasteiger partial charge < -0.3 is 10.5 Å². The van der Waals surface area contributed by atoms with E-state index in [-0.39, 0.29) is 11.9 Å². The molecule has 112 valence electrons. The molecule has 0 radical (unpaired) electrons. The molecule has 1 atom stereocenters. The standard InChI is InChI=1S/C16H25FN2O/c1-2-11-20-16-6-5-13(17)12-14(16)15(7-8-18)19-9-3-4-10-19/h5-6,12,15H,2-4,7-11,18H2,1H3. The van der Waals surface area contributed by atoms with Crippen LogP contribution in [0.25, 0.3) is 0 Å². The van der Waals surface area contributed by atoms with Gasteiger partial charge in [-0.25, -0.2) is 4.39 Å². The molecule has 2 N–H and O–H groups in total. The van der Waals surface area contributed by atoms with Gasteiger partial charge in [-0.2, -0.15) is 0 Å². The molecule has 1 aromatic carbocycles. The smallest absolute Gasteiger partial charge is 0.124 e. The first-order chi connectivity index (χ1) is 9.76. The highest BCUT2D eigenvalue weighted by Crippen LogP contribution is 2.34. The summed E-state index contributed by atoms with van der Waals surface area (Å²) in [6.07, 6.45) is 4.21. The van der Waals surface area contributed by atoms with E-state index >= 15 is 0 Å². The molecule has 1 fully saturated rings. The molecule has 1 aliphatic heterocycles. The predicted octanol–water partition coefficient (Wildman–Crippen LogP) is 3.10. The van der Waals surface area contributed by atoms with Crippen molar-refractivity contribution in [1.29, 1.82) is 0 Å². The quantitative estimate of drug-likeness (QED) is 0.834. The van der Waals surface area contributed by atoms with Crippen LogP contribution in [0.5, 0.6) is 5.75 Å². The van der Waals surface area contributed by atoms with Crippen LogP contribution in [-0.4, -0.2) is 31.1 Å². The second-order valence-corrected chi connectivity index (χ2v) is 5.37. The summed E-state index contributed by atoms with van der Waals surface area (Å²) in [6, 6.07) is 5.01. The number of rotatable bonds is 7. The van der Waals surface area contributed by atoms with Gasteiger partial charge in [0.2, 0.25) is 0 Å². The lowest BCUT2D eigenvalue weighted by molar-refractivity contribution is 0.224. The third kappa shape index (κ3) is 3.70. The summed E-state index contributed by atoms with van der Waals surface area (Å²) in [4.78, 5) is 2.40. The Hall–Kier alpha value is -1.13. The number of benzene rings is 1. The van der Waals surface area contributed by atoms with Crippen LogP contribution in [0.3, 0.4) is 0 Å². The van der Waals surface area contributed by atoms with Crippen LogP contribution < -0.4 is 10.5 Å². The van der Waals surface area contributed by atoms with Crippen LogP contribution in [0.4, 0.5) is 4.39 Å². The Morgan fingerprint density at radius 1 is 1.35 bits per heavy atom. The SMILES string of the molecule is CCCOc1ccc(F)cc1C(CCN)N1CCCC1. The van der Waals surface area contributed by atoms with Gasteiger partial charge in [0.05, 0.1) is 6.61 Å². The third-order valence-corrected chi connectivity index (χ3v) is 3.81. The van der Waals surface area contributed by atoms with Crippen molar-refractivity contribution in [3.05, 3.63) is 29.6 Å². The highest BCUT2D eigenvalue weighted by atomic mass is 19.1. The molecular weight excluding hydrogens is 255 g/mol. The second kappa shape index (κ2) is 7.60. The number of likely N-dealkylation sites (tertiary alicyclic amines) is 1. The van der Waals surface area contributed by atoms with Crippen molar-refractivity contribution in [1.82, 2.24) is 4.90 Å². The molecule has 4 heteroatoms. The summed E-state index contributed by atoms with van der Waals surface area (Å²) in [5.41, 5.74) is 6.71. The Morgan fingerprint density at radius 3 is 2.75 bits per heavy atom. The molecular formula is C16H25FN2O. The zero-order valence-electron chi connectivity index (χ0n) is 12.3. The highest BCUT2D eigenvalue weighted by Gasteiger charge is 2.25. The van der Waals surface area contributed by atoms with Gasteiger partial charge in [-0.1, -0.05) is 6.92 Å². The van der Waals surface area contributed by atoms with Crippen molar-refractivity contribution in [2.45, 2.75) is 38.6 Å². The van der Waals surface area contributed by atoms with Gasteiger partial charge in [0.15, 0.2) is 0 Å². The largest absolute Gasteiger partial charge is 0.493 e. The van der Waals surface area contributed by atoms with E-state index in [0.717, 1.165) is 37.2 Å². The summed E-state index contributed by atoms with van der Waals surface area (Å²) in [5, 5.41) is 0. The number of halogens is 1. The molecule has 20 heavy (non-hydrogen) atoms. The van der Waals surface area contributed by atoms with Gasteiger partial charge >= 0.3 is 0 Å². The maximum atomic E-state index is 13.7. The number of ether oxygens (including phenoxy) is 1. The molecule has 0 aromatic heterocycles. The number of hydrogen-bond donors (Lipinski definition) is 1. The molecule has 0 aliphatic carbocycles. The summed E-state index contributed by atoms with van der Waals surface area (Å²) in [7, 11) is 0. The third-order valence-electron chi connectivity index (χ3n) is 3.81. The lowest BCUT2D eigenvalue weighted by Crippen LogP contribution is -2.28. The van der Waals surface area contributed by atoms with Crippen molar-refractivity contribution >= 4 is 0 Å². The van der Waals surface area contributed by atoms with Crippen molar-refractivity contribution in [3.63, 3.8) is 0 Å². The normalized spacial score (nSPS) is 17.4. The fourth-order valence-corrected chi connectivity index (χ4v) is 2.87. The summed E-state index contributed by atoms with van der Waals surface area (Å²) < 4.78 is 19.4. The van der Waals surface area contributed by atoms with Crippen molar-refractivity contribution < 1.29 is 9.13 Å². The minimum absolute atomic E-state index is 0.171. The average Bonchev–Trinajstić information content (AvgIpc) is 2.97. The van der Waals surface area contributed by atoms with E-state index < -0.39 is 0 Å². The minimum Gasteiger partial charge on any atom is -0.493 e. The molecule has 0 amide bonds. The predicted molar refractivity (Wildman–Crippen MR) is 79.4 cm³/mol. The zero-order chi connectivity index (χ0) is 14.4. The fourth-order valence-electron chi connectivity index (χ4n) is 2.87. The molecule has 1 unspecified atom stereocenters. The Balaban J connectivity index is 2.26. The first-order valence-electron chi connectivity index (χ1n) is 7.62. The van der Waals surface area contributed by atoms with Crippen LogP contribution in [0.2, 0.25) is 0 Å². The molecule has 0 spiro atoms. The Bertz CT molecular complexity index is 419. The first-order valence-corrected chi connectivity index (χ1v) is 7.62. The lowest BCUT2D eigenvalue weighted by atomic mass is 10.0. The molecule has 0 saturated carbocycles. The lowest BCUT2D eigenvalue weighted by Gasteiger charge is -2.29. The van der Waals surface area contributed by atoms with Gasteiger partial charge in [-0.05, 0) is 63.5 Å². The molecule has 1 aromatic rings. The van der Waals surface area contributed by atoms with E-state index in [2.05, 4.69) is 11.8 Å². The molecule has 1 saturated heterocycles. The summed E-state index contributed by atoms with van der Waals surface area (Å²) in [6.45, 7) is 5.46. The van der Waals surface area contributed by atoms with Crippen molar-refractivity contribution in [2.24, 2.45) is 5.73 Å². The summed E-state index contributed by atoms with van der Waals surface area (Å²) >= 11 is 0. The number of hydrogen-bond acceptors (Lipinski definition) is 3. The Morgan fingerprint density at radius 2 is 2.10 bits per heavy atom. The van der Waals surface area contributed by atoms with Gasteiger partial charge in [-0.15, -0.1) is 0 Å². The van der Waals surface area contributed by atoms with Crippen LogP contribution in [0.15, 0.2) is 18.2 Å². The van der Waals surface area contributed by atoms with E-state index in [0.29, 0.717) is 13.2 Å². The van der Waals surface area contributed by atoms with Gasteiger partial charge in [0, 0.05) is 11.6 Å². The highest BCUT2D eigenvalue weighted by molar-refractivity contribution is 5.37. The topological polar surface area (TPSA) is 38.5 Å². The fraction of sp³-hybridized carbons (Fsp3) is 0.625. The average molecular weight is 280 g/mol. The van der Waals surface area contributed by atoms with Crippen LogP contribution in [0, 0.1) is 5.82 Å². The van der Waals surface area contributed by atoms with Crippen LogP contribution in [0.1, 0.15) is 44.2 Å². The second-order valence-electron chi connectivity index (χ2n) is 5.37. The molecule has 0 bridgehead atoms. The van der Waals surface area contributed by atoms with Crippen molar-refractivity contribution in [2.75, 3.05) is 26.2 Å². The Kier molecular flexibility index (Phi) is 5.80. The number of nitrogens with two attached hydrogens (primary N) is 1. The van der Waals surface area contributed by atoms with E-state index in [1.54, 1.807) is 12.1 Å². The molecule has 1 aliphatic rings. The van der Waals surface area contributed by atoms with Gasteiger partial charge in [-0.3, -0.25) is 4.90 Å². The van der Waals surface area contributed by atoms with Crippen molar-refractivity contribution in [3.8, 4) is 5.75 Å². The van der Waals surface area contributed by atoms with E-state index in [4.69, 9.17) is 10.5 Å². The Labute approximate surface area is 120 Å². The van der Waals surface area contributed by atoms with Crippen LogP contribution >= 0.6 is 0 Å². The number of nitrogens with zero attached hydrogens (tertiary/aromatic N) is 1. The maximum absolute atomic E-state index is 13.7. The van der Waals surface area contributed by atoms with Crippen LogP contribution in [-0.2, 0) is 0 Å². The molecule has 3 nitrogen and oxygen atoms in total. The van der Waals surface area contributed by atoms with Gasteiger partial charge in [0.1, 0.15) is 11.6 Å². The first kappa shape index (κ1) is 15.3. The minimum atomic E-state index is -0.204.